The molecule has 0 unspecified atom stereocenters. The van der Waals surface area contributed by atoms with Crippen molar-refractivity contribution in [3.63, 3.8) is 0 Å². The minimum absolute atomic E-state index is 0.112. The summed E-state index contributed by atoms with van der Waals surface area (Å²) in [5.41, 5.74) is 2.96. The molecule has 1 N–H and O–H groups in total. The van der Waals surface area contributed by atoms with Gasteiger partial charge in [-0.2, -0.15) is 0 Å². The van der Waals surface area contributed by atoms with Crippen LogP contribution in [0.4, 0.5) is 0 Å². The lowest BCUT2D eigenvalue weighted by Gasteiger charge is -2.16. The summed E-state index contributed by atoms with van der Waals surface area (Å²) in [7, 11) is 0. The monoisotopic (exact) mass is 401 g/mol. The van der Waals surface area contributed by atoms with E-state index in [1.54, 1.807) is 19.9 Å². The zero-order valence-electron chi connectivity index (χ0n) is 16.9. The van der Waals surface area contributed by atoms with E-state index >= 15 is 0 Å². The van der Waals surface area contributed by atoms with E-state index in [0.29, 0.717) is 5.56 Å². The second kappa shape index (κ2) is 11.1. The van der Waals surface area contributed by atoms with Crippen molar-refractivity contribution >= 4 is 23.6 Å². The van der Waals surface area contributed by atoms with Crippen molar-refractivity contribution in [1.29, 1.82) is 0 Å². The maximum absolute atomic E-state index is 12.4. The molecule has 2 rings (SSSR count). The zero-order chi connectivity index (χ0) is 21.2. The minimum Gasteiger partial charge on any atom is -0.466 e. The Kier molecular flexibility index (Phi) is 8.58. The molecule has 1 aliphatic carbocycles. The van der Waals surface area contributed by atoms with E-state index in [0.717, 1.165) is 37.8 Å². The Bertz CT molecular complexity index is 798. The molecule has 0 radical (unpaired) electrons. The Morgan fingerprint density at radius 1 is 1.00 bits per heavy atom. The van der Waals surface area contributed by atoms with E-state index < -0.39 is 23.9 Å². The highest BCUT2D eigenvalue weighted by atomic mass is 16.5. The highest BCUT2D eigenvalue weighted by Crippen LogP contribution is 2.22. The minimum atomic E-state index is -1.18. The number of fused-ring (bicyclic) bond motifs is 1. The van der Waals surface area contributed by atoms with Crippen LogP contribution < -0.4 is 5.32 Å². The molecular weight excluding hydrogens is 374 g/mol. The molecule has 29 heavy (non-hydrogen) atoms. The number of hydrogen-bond donors (Lipinski definition) is 1. The van der Waals surface area contributed by atoms with Crippen LogP contribution in [0.2, 0.25) is 0 Å². The molecule has 1 aromatic carbocycles. The van der Waals surface area contributed by atoms with Crippen molar-refractivity contribution in [3.05, 3.63) is 47.0 Å². The fourth-order valence-electron chi connectivity index (χ4n) is 3.18. The van der Waals surface area contributed by atoms with Gasteiger partial charge < -0.3 is 14.8 Å². The number of allylic oxidation sites excluding steroid dienone is 1. The summed E-state index contributed by atoms with van der Waals surface area (Å²) in [5, 5.41) is 2.39. The first kappa shape index (κ1) is 22.3. The number of ether oxygens (including phenoxy) is 2. The molecule has 1 aliphatic rings. The predicted molar refractivity (Wildman–Crippen MR) is 106 cm³/mol. The summed E-state index contributed by atoms with van der Waals surface area (Å²) in [6, 6.07) is 4.43. The van der Waals surface area contributed by atoms with Gasteiger partial charge in [-0.25, -0.2) is 4.79 Å². The Hall–Kier alpha value is -2.96. The van der Waals surface area contributed by atoms with Crippen molar-refractivity contribution in [1.82, 2.24) is 5.32 Å². The van der Waals surface area contributed by atoms with Gasteiger partial charge in [0.2, 0.25) is 5.91 Å². The maximum atomic E-state index is 12.4. The quantitative estimate of drug-likeness (QED) is 0.387. The molecule has 156 valence electrons. The Morgan fingerprint density at radius 2 is 1.69 bits per heavy atom. The van der Waals surface area contributed by atoms with Crippen molar-refractivity contribution in [2.75, 3.05) is 13.2 Å². The molecule has 1 aromatic rings. The first-order chi connectivity index (χ1) is 13.9. The van der Waals surface area contributed by atoms with E-state index in [1.165, 1.54) is 11.1 Å². The van der Waals surface area contributed by atoms with E-state index in [4.69, 9.17) is 9.47 Å². The number of ketones is 1. The summed E-state index contributed by atoms with van der Waals surface area (Å²) in [5.74, 6) is -2.33. The smallest absolute Gasteiger partial charge is 0.329 e. The Labute approximate surface area is 170 Å². The van der Waals surface area contributed by atoms with Crippen LogP contribution in [0.15, 0.2) is 30.4 Å². The highest BCUT2D eigenvalue weighted by Gasteiger charge is 2.25. The van der Waals surface area contributed by atoms with Gasteiger partial charge in [0.25, 0.3) is 0 Å². The fourth-order valence-corrected chi connectivity index (χ4v) is 3.18. The second-order valence-electron chi connectivity index (χ2n) is 6.71. The molecule has 7 heteroatoms. The first-order valence-electron chi connectivity index (χ1n) is 9.91. The molecule has 0 saturated carbocycles. The number of rotatable bonds is 9. The van der Waals surface area contributed by atoms with Crippen LogP contribution in [0.25, 0.3) is 0 Å². The largest absolute Gasteiger partial charge is 0.466 e. The Morgan fingerprint density at radius 3 is 2.38 bits per heavy atom. The molecule has 0 aliphatic heterocycles. The molecule has 0 aromatic heterocycles. The summed E-state index contributed by atoms with van der Waals surface area (Å²) < 4.78 is 9.69. The van der Waals surface area contributed by atoms with Crippen LogP contribution in [-0.2, 0) is 36.7 Å². The third kappa shape index (κ3) is 6.85. The van der Waals surface area contributed by atoms with Gasteiger partial charge in [-0.1, -0.05) is 12.1 Å². The normalized spacial score (nSPS) is 14.0. The molecule has 0 spiro atoms. The van der Waals surface area contributed by atoms with Gasteiger partial charge in [-0.15, -0.1) is 0 Å². The van der Waals surface area contributed by atoms with Gasteiger partial charge in [0.05, 0.1) is 19.6 Å². The summed E-state index contributed by atoms with van der Waals surface area (Å²) in [6.45, 7) is 3.54. The lowest BCUT2D eigenvalue weighted by Crippen LogP contribution is -2.43. The Balaban J connectivity index is 2.00. The lowest BCUT2D eigenvalue weighted by molar-refractivity contribution is -0.153. The number of carbonyl (C=O) groups is 4. The van der Waals surface area contributed by atoms with E-state index in [1.807, 2.05) is 12.1 Å². The number of benzene rings is 1. The molecular formula is C22H27NO6. The molecule has 7 nitrogen and oxygen atoms in total. The molecule has 0 heterocycles. The van der Waals surface area contributed by atoms with E-state index in [-0.39, 0.29) is 25.4 Å². The average molecular weight is 401 g/mol. The molecule has 1 amide bonds. The average Bonchev–Trinajstić information content (AvgIpc) is 2.71. The number of aryl methyl sites for hydroxylation is 2. The van der Waals surface area contributed by atoms with Crippen LogP contribution in [0, 0.1) is 0 Å². The number of amides is 1. The third-order valence-electron chi connectivity index (χ3n) is 4.58. The standard InChI is InChI=1S/C22H27NO6/c1-3-28-21(26)14-18(22(27)29-4-2)23-20(25)12-11-19(24)17-10-9-15-7-5-6-8-16(15)13-17/h9-13,18H,3-8,14H2,1-2H3,(H,23,25)/t18-/m1/s1. The fraction of sp³-hybridized carbons (Fsp3) is 0.455. The molecule has 1 atom stereocenters. The number of nitrogens with one attached hydrogen (secondary N) is 1. The third-order valence-corrected chi connectivity index (χ3v) is 4.58. The summed E-state index contributed by atoms with van der Waals surface area (Å²) >= 11 is 0. The first-order valence-corrected chi connectivity index (χ1v) is 9.91. The number of carbonyl (C=O) groups excluding carboxylic acids is 4. The second-order valence-corrected chi connectivity index (χ2v) is 6.71. The predicted octanol–water partition coefficient (Wildman–Crippen LogP) is 2.31. The van der Waals surface area contributed by atoms with Gasteiger partial charge >= 0.3 is 11.9 Å². The van der Waals surface area contributed by atoms with Crippen molar-refractivity contribution in [2.45, 2.75) is 52.0 Å². The van der Waals surface area contributed by atoms with Crippen LogP contribution >= 0.6 is 0 Å². The zero-order valence-corrected chi connectivity index (χ0v) is 16.9. The summed E-state index contributed by atoms with van der Waals surface area (Å²) in [4.78, 5) is 48.2. The van der Waals surface area contributed by atoms with E-state index in [2.05, 4.69) is 5.32 Å². The number of hydrogen-bond acceptors (Lipinski definition) is 6. The molecule has 0 bridgehead atoms. The van der Waals surface area contributed by atoms with Gasteiger partial charge in [-0.3, -0.25) is 14.4 Å². The van der Waals surface area contributed by atoms with Crippen LogP contribution in [0.3, 0.4) is 0 Å². The van der Waals surface area contributed by atoms with Crippen LogP contribution in [0.1, 0.15) is 54.6 Å². The highest BCUT2D eigenvalue weighted by molar-refractivity contribution is 6.08. The van der Waals surface area contributed by atoms with Gasteiger partial charge in [-0.05, 0) is 62.8 Å². The van der Waals surface area contributed by atoms with Gasteiger partial charge in [0, 0.05) is 11.6 Å². The van der Waals surface area contributed by atoms with Crippen molar-refractivity contribution in [3.8, 4) is 0 Å². The number of esters is 2. The molecule has 0 saturated heterocycles. The van der Waals surface area contributed by atoms with Crippen molar-refractivity contribution in [2.24, 2.45) is 0 Å². The maximum Gasteiger partial charge on any atom is 0.329 e. The van der Waals surface area contributed by atoms with Gasteiger partial charge in [0.1, 0.15) is 6.04 Å². The molecule has 0 fully saturated rings. The van der Waals surface area contributed by atoms with Crippen molar-refractivity contribution < 1.29 is 28.7 Å². The van der Waals surface area contributed by atoms with E-state index in [9.17, 15) is 19.2 Å². The summed E-state index contributed by atoms with van der Waals surface area (Å²) in [6.07, 6.45) is 6.12. The van der Waals surface area contributed by atoms with Gasteiger partial charge in [0.15, 0.2) is 5.78 Å². The topological polar surface area (TPSA) is 98.8 Å². The van der Waals surface area contributed by atoms with Crippen LogP contribution in [0.5, 0.6) is 0 Å². The SMILES string of the molecule is CCOC(=O)C[C@@H](NC(=O)C=CC(=O)c1ccc2c(c1)CCCC2)C(=O)OCC. The van der Waals surface area contributed by atoms with Crippen LogP contribution in [-0.4, -0.2) is 42.9 Å². The lowest BCUT2D eigenvalue weighted by atomic mass is 9.90.